The molecule has 3 fully saturated rings. The summed E-state index contributed by atoms with van der Waals surface area (Å²) in [5.74, 6) is 0. The van der Waals surface area contributed by atoms with Crippen LogP contribution in [0.2, 0.25) is 0 Å². The van der Waals surface area contributed by atoms with E-state index in [-0.39, 0.29) is 0 Å². The number of hydrogen-bond donors (Lipinski definition) is 1. The third-order valence-electron chi connectivity index (χ3n) is 5.25. The molecule has 2 saturated heterocycles. The summed E-state index contributed by atoms with van der Waals surface area (Å²) in [7, 11) is 0. The van der Waals surface area contributed by atoms with E-state index in [2.05, 4.69) is 29.0 Å². The van der Waals surface area contributed by atoms with Crippen LogP contribution >= 0.6 is 0 Å². The molecule has 0 bridgehead atoms. The first-order chi connectivity index (χ1) is 8.64. The molecule has 18 heavy (non-hydrogen) atoms. The second-order valence-corrected chi connectivity index (χ2v) is 7.31. The molecule has 1 atom stereocenters. The summed E-state index contributed by atoms with van der Waals surface area (Å²) >= 11 is 0. The Labute approximate surface area is 112 Å². The second kappa shape index (κ2) is 5.10. The van der Waals surface area contributed by atoms with Crippen molar-refractivity contribution in [2.45, 2.75) is 51.6 Å². The zero-order valence-corrected chi connectivity index (χ0v) is 12.1. The van der Waals surface area contributed by atoms with E-state index >= 15 is 0 Å². The molecule has 0 aromatic carbocycles. The number of piperazine rings is 1. The van der Waals surface area contributed by atoms with Crippen molar-refractivity contribution in [1.29, 1.82) is 0 Å². The van der Waals surface area contributed by atoms with Crippen LogP contribution in [0, 0.1) is 5.41 Å². The van der Waals surface area contributed by atoms with Crippen LogP contribution in [0.25, 0.3) is 0 Å². The lowest BCUT2D eigenvalue weighted by molar-refractivity contribution is -0.0249. The lowest BCUT2D eigenvalue weighted by Gasteiger charge is -2.52. The average molecular weight is 251 g/mol. The number of nitrogens with zero attached hydrogens (tertiary/aromatic N) is 2. The maximum atomic E-state index is 3.45. The first kappa shape index (κ1) is 12.9. The highest BCUT2D eigenvalue weighted by Crippen LogP contribution is 2.38. The molecule has 3 aliphatic rings. The molecule has 3 rings (SSSR count). The van der Waals surface area contributed by atoms with Gasteiger partial charge < -0.3 is 5.32 Å². The lowest BCUT2D eigenvalue weighted by Crippen LogP contribution is -2.65. The highest BCUT2D eigenvalue weighted by molar-refractivity contribution is 4.95. The first-order valence-corrected chi connectivity index (χ1v) is 7.83. The molecular weight excluding hydrogens is 222 g/mol. The van der Waals surface area contributed by atoms with Crippen molar-refractivity contribution >= 4 is 0 Å². The molecule has 0 spiro atoms. The minimum atomic E-state index is 0.586. The maximum Gasteiger partial charge on any atom is 0.0351 e. The molecular formula is C15H29N3. The number of hydrogen-bond acceptors (Lipinski definition) is 3. The SMILES string of the molecule is CC1(C)CCCC(N2CC(N3CCNCC3)C2)C1. The van der Waals surface area contributed by atoms with Crippen LogP contribution < -0.4 is 5.32 Å². The van der Waals surface area contributed by atoms with Gasteiger partial charge >= 0.3 is 0 Å². The Balaban J connectivity index is 1.46. The van der Waals surface area contributed by atoms with Gasteiger partial charge in [0.2, 0.25) is 0 Å². The van der Waals surface area contributed by atoms with Crippen LogP contribution in [0.15, 0.2) is 0 Å². The van der Waals surface area contributed by atoms with Crippen molar-refractivity contribution in [2.24, 2.45) is 5.41 Å². The summed E-state index contributed by atoms with van der Waals surface area (Å²) in [5, 5.41) is 3.45. The Morgan fingerprint density at radius 1 is 1.00 bits per heavy atom. The monoisotopic (exact) mass is 251 g/mol. The molecule has 1 unspecified atom stereocenters. The zero-order valence-electron chi connectivity index (χ0n) is 12.1. The highest BCUT2D eigenvalue weighted by atomic mass is 15.3. The second-order valence-electron chi connectivity index (χ2n) is 7.31. The fraction of sp³-hybridized carbons (Fsp3) is 1.00. The molecule has 0 aromatic rings. The molecule has 1 aliphatic carbocycles. The highest BCUT2D eigenvalue weighted by Gasteiger charge is 2.39. The molecule has 0 amide bonds. The normalized spacial score (nSPS) is 35.3. The first-order valence-electron chi connectivity index (χ1n) is 7.83. The van der Waals surface area contributed by atoms with Gasteiger partial charge in [-0.2, -0.15) is 0 Å². The van der Waals surface area contributed by atoms with Crippen molar-refractivity contribution in [3.63, 3.8) is 0 Å². The fourth-order valence-corrected chi connectivity index (χ4v) is 4.03. The standard InChI is InChI=1S/C15H29N3/c1-15(2)5-3-4-13(10-15)18-11-14(12-18)17-8-6-16-7-9-17/h13-14,16H,3-12H2,1-2H3. The maximum absolute atomic E-state index is 3.45. The molecule has 0 radical (unpaired) electrons. The summed E-state index contributed by atoms with van der Waals surface area (Å²) in [6.45, 7) is 12.5. The van der Waals surface area contributed by atoms with E-state index in [0.717, 1.165) is 12.1 Å². The Hall–Kier alpha value is -0.120. The average Bonchev–Trinajstić information content (AvgIpc) is 2.27. The summed E-state index contributed by atoms with van der Waals surface area (Å²) < 4.78 is 0. The largest absolute Gasteiger partial charge is 0.314 e. The molecule has 2 aliphatic heterocycles. The number of likely N-dealkylation sites (tertiary alicyclic amines) is 1. The fourth-order valence-electron chi connectivity index (χ4n) is 4.03. The quantitative estimate of drug-likeness (QED) is 0.803. The smallest absolute Gasteiger partial charge is 0.0351 e. The zero-order chi connectivity index (χ0) is 12.6. The van der Waals surface area contributed by atoms with E-state index in [9.17, 15) is 0 Å². The van der Waals surface area contributed by atoms with Crippen LogP contribution in [-0.2, 0) is 0 Å². The van der Waals surface area contributed by atoms with Crippen molar-refractivity contribution in [2.75, 3.05) is 39.3 Å². The van der Waals surface area contributed by atoms with E-state index in [1.807, 2.05) is 0 Å². The minimum absolute atomic E-state index is 0.586. The third kappa shape index (κ3) is 2.73. The van der Waals surface area contributed by atoms with Gasteiger partial charge in [0, 0.05) is 51.4 Å². The van der Waals surface area contributed by atoms with E-state index in [4.69, 9.17) is 0 Å². The van der Waals surface area contributed by atoms with Crippen LogP contribution in [0.1, 0.15) is 39.5 Å². The predicted molar refractivity (Wildman–Crippen MR) is 75.8 cm³/mol. The van der Waals surface area contributed by atoms with Crippen molar-refractivity contribution in [3.05, 3.63) is 0 Å². The molecule has 0 aromatic heterocycles. The molecule has 104 valence electrons. The molecule has 2 heterocycles. The lowest BCUT2D eigenvalue weighted by atomic mass is 9.74. The Kier molecular flexibility index (Phi) is 3.65. The van der Waals surface area contributed by atoms with Gasteiger partial charge in [-0.05, 0) is 24.7 Å². The van der Waals surface area contributed by atoms with Crippen LogP contribution in [0.3, 0.4) is 0 Å². The van der Waals surface area contributed by atoms with Gasteiger partial charge in [0.25, 0.3) is 0 Å². The van der Waals surface area contributed by atoms with Crippen molar-refractivity contribution in [1.82, 2.24) is 15.1 Å². The molecule has 1 saturated carbocycles. The van der Waals surface area contributed by atoms with Gasteiger partial charge in [-0.1, -0.05) is 20.3 Å². The summed E-state index contributed by atoms with van der Waals surface area (Å²) in [6, 6.07) is 1.74. The van der Waals surface area contributed by atoms with Gasteiger partial charge in [-0.3, -0.25) is 9.80 Å². The van der Waals surface area contributed by atoms with E-state index in [1.165, 1.54) is 65.0 Å². The van der Waals surface area contributed by atoms with Gasteiger partial charge in [0.05, 0.1) is 0 Å². The summed E-state index contributed by atoms with van der Waals surface area (Å²) in [5.41, 5.74) is 0.586. The molecule has 1 N–H and O–H groups in total. The van der Waals surface area contributed by atoms with Gasteiger partial charge in [0.15, 0.2) is 0 Å². The summed E-state index contributed by atoms with van der Waals surface area (Å²) in [6.07, 6.45) is 5.73. The Morgan fingerprint density at radius 2 is 1.72 bits per heavy atom. The Bertz CT molecular complexity index is 277. The predicted octanol–water partition coefficient (Wildman–Crippen LogP) is 1.54. The minimum Gasteiger partial charge on any atom is -0.314 e. The van der Waals surface area contributed by atoms with Crippen molar-refractivity contribution < 1.29 is 0 Å². The van der Waals surface area contributed by atoms with Crippen LogP contribution in [-0.4, -0.2) is 61.2 Å². The van der Waals surface area contributed by atoms with Crippen LogP contribution in [0.5, 0.6) is 0 Å². The van der Waals surface area contributed by atoms with E-state index in [1.54, 1.807) is 0 Å². The van der Waals surface area contributed by atoms with Crippen molar-refractivity contribution in [3.8, 4) is 0 Å². The van der Waals surface area contributed by atoms with E-state index < -0.39 is 0 Å². The molecule has 3 heteroatoms. The number of rotatable bonds is 2. The van der Waals surface area contributed by atoms with Gasteiger partial charge in [-0.25, -0.2) is 0 Å². The third-order valence-corrected chi connectivity index (χ3v) is 5.25. The van der Waals surface area contributed by atoms with Crippen LogP contribution in [0.4, 0.5) is 0 Å². The van der Waals surface area contributed by atoms with E-state index in [0.29, 0.717) is 5.41 Å². The molecule has 3 nitrogen and oxygen atoms in total. The number of nitrogens with one attached hydrogen (secondary N) is 1. The Morgan fingerprint density at radius 3 is 2.39 bits per heavy atom. The topological polar surface area (TPSA) is 18.5 Å². The summed E-state index contributed by atoms with van der Waals surface area (Å²) in [4.78, 5) is 5.45. The van der Waals surface area contributed by atoms with Gasteiger partial charge in [0.1, 0.15) is 0 Å². The van der Waals surface area contributed by atoms with Gasteiger partial charge in [-0.15, -0.1) is 0 Å².